The lowest BCUT2D eigenvalue weighted by molar-refractivity contribution is -0.140. The Kier molecular flexibility index (Phi) is 10.1. The summed E-state index contributed by atoms with van der Waals surface area (Å²) in [6, 6.07) is 8.69. The van der Waals surface area contributed by atoms with Gasteiger partial charge in [0.25, 0.3) is 0 Å². The van der Waals surface area contributed by atoms with Gasteiger partial charge in [-0.3, -0.25) is 13.9 Å². The van der Waals surface area contributed by atoms with E-state index >= 15 is 0 Å². The number of rotatable bonds is 11. The molecule has 0 aliphatic rings. The van der Waals surface area contributed by atoms with Gasteiger partial charge in [-0.15, -0.1) is 0 Å². The topological polar surface area (TPSA) is 86.8 Å². The van der Waals surface area contributed by atoms with Gasteiger partial charge in [-0.25, -0.2) is 12.8 Å². The molecule has 0 saturated heterocycles. The van der Waals surface area contributed by atoms with Crippen LogP contribution in [0.4, 0.5) is 10.1 Å². The van der Waals surface area contributed by atoms with E-state index in [1.165, 1.54) is 23.1 Å². The van der Waals surface area contributed by atoms with Gasteiger partial charge in [0.15, 0.2) is 0 Å². The molecule has 0 aromatic heterocycles. The Labute approximate surface area is 209 Å². The average molecular weight is 532 g/mol. The van der Waals surface area contributed by atoms with Crippen molar-refractivity contribution in [2.24, 2.45) is 0 Å². The molecule has 0 aliphatic carbocycles. The van der Waals surface area contributed by atoms with E-state index in [0.717, 1.165) is 22.7 Å². The summed E-state index contributed by atoms with van der Waals surface area (Å²) in [5.41, 5.74) is 0.680. The molecule has 0 heterocycles. The van der Waals surface area contributed by atoms with Crippen LogP contribution < -0.4 is 9.62 Å². The summed E-state index contributed by atoms with van der Waals surface area (Å²) in [4.78, 5) is 27.7. The van der Waals surface area contributed by atoms with Crippen molar-refractivity contribution in [2.45, 2.75) is 39.3 Å². The van der Waals surface area contributed by atoms with E-state index in [9.17, 15) is 22.4 Å². The largest absolute Gasteiger partial charge is 0.354 e. The lowest BCUT2D eigenvalue weighted by Crippen LogP contribution is -2.52. The van der Waals surface area contributed by atoms with Crippen molar-refractivity contribution in [3.8, 4) is 0 Å². The molecule has 0 saturated carbocycles. The number of amides is 2. The van der Waals surface area contributed by atoms with E-state index in [4.69, 9.17) is 23.2 Å². The summed E-state index contributed by atoms with van der Waals surface area (Å²) < 4.78 is 39.2. The number of hydrogen-bond acceptors (Lipinski definition) is 4. The fourth-order valence-electron chi connectivity index (χ4n) is 3.34. The maximum absolute atomic E-state index is 13.5. The normalized spacial score (nSPS) is 12.2. The first kappa shape index (κ1) is 27.9. The Morgan fingerprint density at radius 3 is 2.26 bits per heavy atom. The minimum absolute atomic E-state index is 0.0338. The lowest BCUT2D eigenvalue weighted by Gasteiger charge is -2.33. The molecule has 2 aromatic rings. The van der Waals surface area contributed by atoms with E-state index in [2.05, 4.69) is 5.32 Å². The van der Waals surface area contributed by atoms with Gasteiger partial charge >= 0.3 is 0 Å². The van der Waals surface area contributed by atoms with Crippen LogP contribution in [-0.4, -0.2) is 50.5 Å². The molecule has 0 spiro atoms. The second-order valence-electron chi connectivity index (χ2n) is 7.72. The number of nitrogens with zero attached hydrogens (tertiary/aromatic N) is 2. The second kappa shape index (κ2) is 12.4. The van der Waals surface area contributed by atoms with Gasteiger partial charge in [0.1, 0.15) is 18.4 Å². The zero-order valence-corrected chi connectivity index (χ0v) is 21.6. The quantitative estimate of drug-likeness (QED) is 0.469. The standard InChI is InChI=1S/C23H28Cl2FN3O4S/c1-4-12-27-23(31)21(5-2)28(14-16-6-7-17(24)13-20(16)25)22(30)15-29(34(3,32)33)19-10-8-18(26)9-11-19/h6-11,13,21H,4-5,12,14-15H2,1-3H3,(H,27,31)/t21-/m0/s1. The Hall–Kier alpha value is -2.36. The number of halogens is 3. The number of carbonyl (C=O) groups is 2. The Balaban J connectivity index is 2.44. The molecule has 0 fully saturated rings. The molecule has 11 heteroatoms. The van der Waals surface area contributed by atoms with Crippen LogP contribution in [-0.2, 0) is 26.2 Å². The molecule has 2 rings (SSSR count). The number of anilines is 1. The van der Waals surface area contributed by atoms with Gasteiger partial charge in [0, 0.05) is 23.1 Å². The van der Waals surface area contributed by atoms with Crippen LogP contribution in [0.2, 0.25) is 10.0 Å². The first-order valence-electron chi connectivity index (χ1n) is 10.7. The second-order valence-corrected chi connectivity index (χ2v) is 10.5. The van der Waals surface area contributed by atoms with E-state index in [1.807, 2.05) is 6.92 Å². The maximum atomic E-state index is 13.5. The summed E-state index contributed by atoms with van der Waals surface area (Å²) >= 11 is 12.3. The van der Waals surface area contributed by atoms with Gasteiger partial charge in [0.2, 0.25) is 21.8 Å². The van der Waals surface area contributed by atoms with Gasteiger partial charge in [-0.2, -0.15) is 0 Å². The van der Waals surface area contributed by atoms with Crippen molar-refractivity contribution in [1.82, 2.24) is 10.2 Å². The summed E-state index contributed by atoms with van der Waals surface area (Å²) in [6.07, 6.45) is 1.96. The van der Waals surface area contributed by atoms with E-state index in [1.54, 1.807) is 19.1 Å². The lowest BCUT2D eigenvalue weighted by atomic mass is 10.1. The first-order valence-corrected chi connectivity index (χ1v) is 13.3. The highest BCUT2D eigenvalue weighted by Gasteiger charge is 2.32. The molecule has 186 valence electrons. The Morgan fingerprint density at radius 1 is 1.09 bits per heavy atom. The van der Waals surface area contributed by atoms with Crippen LogP contribution in [0.5, 0.6) is 0 Å². The maximum Gasteiger partial charge on any atom is 0.244 e. The van der Waals surface area contributed by atoms with Crippen LogP contribution in [0.25, 0.3) is 0 Å². The SMILES string of the molecule is CCCNC(=O)[C@H](CC)N(Cc1ccc(Cl)cc1Cl)C(=O)CN(c1ccc(F)cc1)S(C)(=O)=O. The molecule has 2 amide bonds. The van der Waals surface area contributed by atoms with E-state index in [-0.39, 0.29) is 18.1 Å². The van der Waals surface area contributed by atoms with Gasteiger partial charge < -0.3 is 10.2 Å². The number of nitrogens with one attached hydrogen (secondary N) is 1. The smallest absolute Gasteiger partial charge is 0.244 e. The minimum atomic E-state index is -3.89. The molecule has 0 aliphatic heterocycles. The van der Waals surface area contributed by atoms with Gasteiger partial charge in [0.05, 0.1) is 11.9 Å². The van der Waals surface area contributed by atoms with Crippen LogP contribution >= 0.6 is 23.2 Å². The molecule has 0 unspecified atom stereocenters. The minimum Gasteiger partial charge on any atom is -0.354 e. The molecule has 1 atom stereocenters. The fraction of sp³-hybridized carbons (Fsp3) is 0.391. The summed E-state index contributed by atoms with van der Waals surface area (Å²) in [6.45, 7) is 3.49. The van der Waals surface area contributed by atoms with Crippen LogP contribution in [0.1, 0.15) is 32.3 Å². The Bertz CT molecular complexity index is 1110. The number of carbonyl (C=O) groups excluding carboxylic acids is 2. The zero-order chi connectivity index (χ0) is 25.5. The molecule has 0 radical (unpaired) electrons. The number of benzene rings is 2. The summed E-state index contributed by atoms with van der Waals surface area (Å²) in [7, 11) is -3.89. The third-order valence-corrected chi connectivity index (χ3v) is 6.81. The number of sulfonamides is 1. The predicted octanol–water partition coefficient (Wildman–Crippen LogP) is 4.23. The van der Waals surface area contributed by atoms with Crippen molar-refractivity contribution in [3.63, 3.8) is 0 Å². The molecule has 7 nitrogen and oxygen atoms in total. The zero-order valence-electron chi connectivity index (χ0n) is 19.2. The average Bonchev–Trinajstić information content (AvgIpc) is 2.77. The van der Waals surface area contributed by atoms with Crippen molar-refractivity contribution < 1.29 is 22.4 Å². The van der Waals surface area contributed by atoms with Crippen molar-refractivity contribution >= 4 is 50.7 Å². The monoisotopic (exact) mass is 531 g/mol. The fourth-order valence-corrected chi connectivity index (χ4v) is 4.66. The molecule has 2 aromatic carbocycles. The predicted molar refractivity (Wildman–Crippen MR) is 133 cm³/mol. The highest BCUT2D eigenvalue weighted by molar-refractivity contribution is 7.92. The summed E-state index contributed by atoms with van der Waals surface area (Å²) in [5.74, 6) is -1.50. The highest BCUT2D eigenvalue weighted by Crippen LogP contribution is 2.25. The molecule has 1 N–H and O–H groups in total. The van der Waals surface area contributed by atoms with Crippen molar-refractivity contribution in [3.05, 3.63) is 63.9 Å². The van der Waals surface area contributed by atoms with Gasteiger partial charge in [-0.05, 0) is 54.8 Å². The molecular formula is C23H28Cl2FN3O4S. The van der Waals surface area contributed by atoms with E-state index in [0.29, 0.717) is 35.0 Å². The van der Waals surface area contributed by atoms with Gasteiger partial charge in [-0.1, -0.05) is 43.1 Å². The van der Waals surface area contributed by atoms with E-state index < -0.39 is 34.3 Å². The van der Waals surface area contributed by atoms with Crippen LogP contribution in [0.3, 0.4) is 0 Å². The summed E-state index contributed by atoms with van der Waals surface area (Å²) in [5, 5.41) is 3.52. The first-order chi connectivity index (χ1) is 16.0. The van der Waals surface area contributed by atoms with Crippen LogP contribution in [0, 0.1) is 5.82 Å². The molecular weight excluding hydrogens is 504 g/mol. The highest BCUT2D eigenvalue weighted by atomic mass is 35.5. The van der Waals surface area contributed by atoms with Crippen molar-refractivity contribution in [1.29, 1.82) is 0 Å². The molecule has 34 heavy (non-hydrogen) atoms. The third kappa shape index (κ3) is 7.58. The molecule has 0 bridgehead atoms. The Morgan fingerprint density at radius 2 is 1.74 bits per heavy atom. The number of hydrogen-bond donors (Lipinski definition) is 1. The van der Waals surface area contributed by atoms with Crippen molar-refractivity contribution in [2.75, 3.05) is 23.7 Å². The van der Waals surface area contributed by atoms with Crippen LogP contribution in [0.15, 0.2) is 42.5 Å². The third-order valence-electron chi connectivity index (χ3n) is 5.08.